The third-order valence-corrected chi connectivity index (χ3v) is 2.71. The number of nitrogens with zero attached hydrogens (tertiary/aromatic N) is 1. The number of ketones is 1. The number of Topliss-reactive ketones (excluding diaryl/α,β-unsaturated/α-hetero) is 1. The van der Waals surface area contributed by atoms with Gasteiger partial charge in [0.1, 0.15) is 11.5 Å². The van der Waals surface area contributed by atoms with Crippen molar-refractivity contribution in [2.75, 3.05) is 19.7 Å². The molecule has 0 aliphatic heterocycles. The number of carbonyl (C=O) groups is 2. The first-order valence-corrected chi connectivity index (χ1v) is 6.60. The molecule has 0 amide bonds. The molecule has 0 saturated heterocycles. The number of rotatable bonds is 8. The zero-order valence-electron chi connectivity index (χ0n) is 11.8. The van der Waals surface area contributed by atoms with Crippen LogP contribution in [-0.4, -0.2) is 36.0 Å². The Kier molecular flexibility index (Phi) is 6.29. The number of carbonyl (C=O) groups excluding carboxylic acids is 2. The topological polar surface area (TPSA) is 60.3 Å². The van der Waals surface area contributed by atoms with Gasteiger partial charge in [0.25, 0.3) is 0 Å². The van der Waals surface area contributed by atoms with Crippen molar-refractivity contribution < 1.29 is 14.3 Å². The maximum Gasteiger partial charge on any atom is 0.354 e. The van der Waals surface area contributed by atoms with Crippen molar-refractivity contribution in [3.05, 3.63) is 24.0 Å². The van der Waals surface area contributed by atoms with Crippen LogP contribution in [0.2, 0.25) is 0 Å². The van der Waals surface area contributed by atoms with E-state index in [4.69, 9.17) is 4.74 Å². The number of nitrogens with one attached hydrogen (secondary N) is 1. The Morgan fingerprint density at radius 3 is 2.84 bits per heavy atom. The second-order valence-electron chi connectivity index (χ2n) is 4.62. The smallest absolute Gasteiger partial charge is 0.354 e. The zero-order valence-corrected chi connectivity index (χ0v) is 11.8. The van der Waals surface area contributed by atoms with Crippen LogP contribution in [0.5, 0.6) is 0 Å². The summed E-state index contributed by atoms with van der Waals surface area (Å²) in [5.74, 6) is -0.201. The Morgan fingerprint density at radius 1 is 1.47 bits per heavy atom. The first kappa shape index (κ1) is 15.4. The fraction of sp³-hybridized carbons (Fsp3) is 0.571. The Morgan fingerprint density at radius 2 is 2.21 bits per heavy atom. The molecule has 1 atom stereocenters. The lowest BCUT2D eigenvalue weighted by Gasteiger charge is -2.17. The van der Waals surface area contributed by atoms with E-state index in [1.807, 2.05) is 30.7 Å². The van der Waals surface area contributed by atoms with Crippen molar-refractivity contribution >= 4 is 11.8 Å². The van der Waals surface area contributed by atoms with E-state index >= 15 is 0 Å². The predicted molar refractivity (Wildman–Crippen MR) is 73.3 cm³/mol. The van der Waals surface area contributed by atoms with Crippen LogP contribution in [0.1, 0.15) is 43.7 Å². The van der Waals surface area contributed by atoms with Crippen molar-refractivity contribution in [3.63, 3.8) is 0 Å². The molecule has 5 nitrogen and oxygen atoms in total. The van der Waals surface area contributed by atoms with E-state index in [-0.39, 0.29) is 17.8 Å². The molecule has 0 aliphatic rings. The minimum Gasteiger partial charge on any atom is -0.461 e. The van der Waals surface area contributed by atoms with E-state index in [0.29, 0.717) is 25.4 Å². The van der Waals surface area contributed by atoms with Crippen LogP contribution in [0, 0.1) is 0 Å². The summed E-state index contributed by atoms with van der Waals surface area (Å²) in [5, 5.41) is 3.06. The van der Waals surface area contributed by atoms with Crippen LogP contribution in [0.15, 0.2) is 18.3 Å². The van der Waals surface area contributed by atoms with Crippen LogP contribution in [0.25, 0.3) is 0 Å². The summed E-state index contributed by atoms with van der Waals surface area (Å²) in [6, 6.07) is 3.65. The highest BCUT2D eigenvalue weighted by Crippen LogP contribution is 2.12. The molecule has 1 rings (SSSR count). The maximum atomic E-state index is 11.9. The molecular weight excluding hydrogens is 244 g/mol. The molecule has 0 saturated carbocycles. The molecule has 5 heteroatoms. The van der Waals surface area contributed by atoms with Crippen LogP contribution in [0.4, 0.5) is 0 Å². The minimum absolute atomic E-state index is 0.0820. The highest BCUT2D eigenvalue weighted by molar-refractivity contribution is 5.87. The van der Waals surface area contributed by atoms with Gasteiger partial charge >= 0.3 is 5.97 Å². The molecule has 1 aromatic heterocycles. The largest absolute Gasteiger partial charge is 0.461 e. The standard InChI is InChI=1S/C14H22N2O3/c1-4-8-19-14(18)13-6-5-7-16(13)11(2)9-15-10-12(3)17/h5-7,11,15H,4,8-10H2,1-3H3. The van der Waals surface area contributed by atoms with Crippen LogP contribution in [0.3, 0.4) is 0 Å². The Bertz CT molecular complexity index is 426. The summed E-state index contributed by atoms with van der Waals surface area (Å²) in [4.78, 5) is 22.7. The molecule has 0 aliphatic carbocycles. The fourth-order valence-corrected chi connectivity index (χ4v) is 1.78. The number of esters is 1. The summed E-state index contributed by atoms with van der Waals surface area (Å²) in [6.45, 7) is 6.90. The number of hydrogen-bond donors (Lipinski definition) is 1. The third kappa shape index (κ3) is 4.87. The van der Waals surface area contributed by atoms with E-state index in [1.165, 1.54) is 0 Å². The van der Waals surface area contributed by atoms with Crippen molar-refractivity contribution in [1.82, 2.24) is 9.88 Å². The summed E-state index contributed by atoms with van der Waals surface area (Å²) in [5.41, 5.74) is 0.547. The molecule has 1 heterocycles. The van der Waals surface area contributed by atoms with Crippen molar-refractivity contribution in [2.45, 2.75) is 33.2 Å². The van der Waals surface area contributed by atoms with Gasteiger partial charge in [-0.2, -0.15) is 0 Å². The van der Waals surface area contributed by atoms with Gasteiger partial charge in [-0.1, -0.05) is 6.92 Å². The van der Waals surface area contributed by atoms with Crippen molar-refractivity contribution in [2.24, 2.45) is 0 Å². The quantitative estimate of drug-likeness (QED) is 0.729. The highest BCUT2D eigenvalue weighted by atomic mass is 16.5. The van der Waals surface area contributed by atoms with Gasteiger partial charge in [0.2, 0.25) is 0 Å². The molecule has 0 aromatic carbocycles. The molecule has 1 N–H and O–H groups in total. The average Bonchev–Trinajstić information content (AvgIpc) is 2.84. The summed E-state index contributed by atoms with van der Waals surface area (Å²) < 4.78 is 7.00. The Labute approximate surface area is 113 Å². The molecular formula is C14H22N2O3. The van der Waals surface area contributed by atoms with Crippen molar-refractivity contribution in [1.29, 1.82) is 0 Å². The van der Waals surface area contributed by atoms with Gasteiger partial charge in [0.05, 0.1) is 13.2 Å². The lowest BCUT2D eigenvalue weighted by molar-refractivity contribution is -0.116. The fourth-order valence-electron chi connectivity index (χ4n) is 1.78. The second-order valence-corrected chi connectivity index (χ2v) is 4.62. The number of hydrogen-bond acceptors (Lipinski definition) is 4. The Balaban J connectivity index is 2.60. The molecule has 0 bridgehead atoms. The van der Waals surface area contributed by atoms with Gasteiger partial charge in [-0.25, -0.2) is 4.79 Å². The van der Waals surface area contributed by atoms with E-state index in [0.717, 1.165) is 6.42 Å². The SMILES string of the molecule is CCCOC(=O)c1cccn1C(C)CNCC(C)=O. The van der Waals surface area contributed by atoms with Gasteiger partial charge in [-0.05, 0) is 32.4 Å². The van der Waals surface area contributed by atoms with E-state index < -0.39 is 0 Å². The van der Waals surface area contributed by atoms with Gasteiger partial charge < -0.3 is 14.6 Å². The number of aromatic nitrogens is 1. The van der Waals surface area contributed by atoms with E-state index in [2.05, 4.69) is 5.32 Å². The molecule has 1 aromatic rings. The monoisotopic (exact) mass is 266 g/mol. The van der Waals surface area contributed by atoms with Gasteiger partial charge in [0, 0.05) is 18.8 Å². The van der Waals surface area contributed by atoms with Gasteiger partial charge in [-0.15, -0.1) is 0 Å². The van der Waals surface area contributed by atoms with Gasteiger partial charge in [0.15, 0.2) is 0 Å². The maximum absolute atomic E-state index is 11.9. The normalized spacial score (nSPS) is 12.2. The molecule has 106 valence electrons. The molecule has 1 unspecified atom stereocenters. The first-order chi connectivity index (χ1) is 9.06. The predicted octanol–water partition coefficient (Wildman–Crippen LogP) is 1.79. The van der Waals surface area contributed by atoms with Crippen molar-refractivity contribution in [3.8, 4) is 0 Å². The lowest BCUT2D eigenvalue weighted by Crippen LogP contribution is -2.28. The van der Waals surface area contributed by atoms with Crippen LogP contribution >= 0.6 is 0 Å². The zero-order chi connectivity index (χ0) is 14.3. The van der Waals surface area contributed by atoms with E-state index in [9.17, 15) is 9.59 Å². The molecule has 0 spiro atoms. The summed E-state index contributed by atoms with van der Waals surface area (Å²) in [7, 11) is 0. The van der Waals surface area contributed by atoms with Crippen LogP contribution < -0.4 is 5.32 Å². The molecule has 0 radical (unpaired) electrons. The van der Waals surface area contributed by atoms with E-state index in [1.54, 1.807) is 13.0 Å². The molecule has 19 heavy (non-hydrogen) atoms. The molecule has 0 fully saturated rings. The van der Waals surface area contributed by atoms with Gasteiger partial charge in [-0.3, -0.25) is 4.79 Å². The first-order valence-electron chi connectivity index (χ1n) is 6.60. The summed E-state index contributed by atoms with van der Waals surface area (Å²) in [6.07, 6.45) is 2.66. The average molecular weight is 266 g/mol. The minimum atomic E-state index is -0.301. The third-order valence-electron chi connectivity index (χ3n) is 2.71. The second kappa shape index (κ2) is 7.74. The highest BCUT2D eigenvalue weighted by Gasteiger charge is 2.15. The Hall–Kier alpha value is -1.62. The lowest BCUT2D eigenvalue weighted by atomic mass is 10.3. The van der Waals surface area contributed by atoms with Crippen LogP contribution in [-0.2, 0) is 9.53 Å². The summed E-state index contributed by atoms with van der Waals surface area (Å²) >= 11 is 0. The number of ether oxygens (including phenoxy) is 1.